The maximum Gasteiger partial charge on any atom is 0.307 e. The Labute approximate surface area is 183 Å². The van der Waals surface area contributed by atoms with E-state index in [2.05, 4.69) is 25.6 Å². The zero-order valence-corrected chi connectivity index (χ0v) is 17.7. The number of nitrogens with one attached hydrogen (secondary N) is 2. The Morgan fingerprint density at radius 1 is 1.06 bits per heavy atom. The van der Waals surface area contributed by atoms with Crippen LogP contribution in [0.1, 0.15) is 16.1 Å². The molecule has 0 atom stereocenters. The number of aromatic nitrogens is 3. The van der Waals surface area contributed by atoms with Crippen LogP contribution in [0.3, 0.4) is 0 Å². The van der Waals surface area contributed by atoms with Gasteiger partial charge in [-0.05, 0) is 54.4 Å². The number of benzene rings is 1. The van der Waals surface area contributed by atoms with E-state index in [9.17, 15) is 4.79 Å². The molecular formula is C23H21N5O2S. The number of carbonyl (C=O) groups is 1. The number of aryl methyl sites for hydroxylation is 1. The standard InChI is InChI=1S/C23H21N5O2S/c1-15-9-10-24-21(11-15)28-20-4-2-3-18(27-20)19-13-26-22(31-19)14-25-17-7-5-16(6-8-17)12-23(29)30/h2-11,13,25H,12,14H2,1H3,(H,29,30)(H,24,27,28). The van der Waals surface area contributed by atoms with Crippen molar-refractivity contribution in [3.8, 4) is 10.6 Å². The van der Waals surface area contributed by atoms with Crippen LogP contribution < -0.4 is 10.6 Å². The van der Waals surface area contributed by atoms with E-state index in [-0.39, 0.29) is 6.42 Å². The fourth-order valence-electron chi connectivity index (χ4n) is 2.98. The summed E-state index contributed by atoms with van der Waals surface area (Å²) in [6.07, 6.45) is 3.62. The second-order valence-electron chi connectivity index (χ2n) is 6.99. The minimum Gasteiger partial charge on any atom is -0.481 e. The molecule has 0 radical (unpaired) electrons. The fourth-order valence-corrected chi connectivity index (χ4v) is 3.81. The molecule has 0 spiro atoms. The van der Waals surface area contributed by atoms with Crippen molar-refractivity contribution in [1.82, 2.24) is 15.0 Å². The summed E-state index contributed by atoms with van der Waals surface area (Å²) in [5.74, 6) is 0.650. The van der Waals surface area contributed by atoms with E-state index in [0.717, 1.165) is 44.0 Å². The normalized spacial score (nSPS) is 10.6. The first-order valence-electron chi connectivity index (χ1n) is 9.71. The molecule has 4 rings (SSSR count). The molecule has 8 heteroatoms. The summed E-state index contributed by atoms with van der Waals surface area (Å²) in [5, 5.41) is 16.3. The molecular weight excluding hydrogens is 410 g/mol. The lowest BCUT2D eigenvalue weighted by atomic mass is 10.1. The minimum atomic E-state index is -0.834. The summed E-state index contributed by atoms with van der Waals surface area (Å²) < 4.78 is 0. The molecule has 156 valence electrons. The smallest absolute Gasteiger partial charge is 0.307 e. The second-order valence-corrected chi connectivity index (χ2v) is 8.11. The first-order chi connectivity index (χ1) is 15.0. The number of nitrogens with zero attached hydrogens (tertiary/aromatic N) is 3. The van der Waals surface area contributed by atoms with Crippen molar-refractivity contribution in [3.63, 3.8) is 0 Å². The predicted octanol–water partition coefficient (Wildman–Crippen LogP) is 4.89. The summed E-state index contributed by atoms with van der Waals surface area (Å²) in [5.41, 5.74) is 3.67. The van der Waals surface area contributed by atoms with Gasteiger partial charge in [-0.1, -0.05) is 18.2 Å². The van der Waals surface area contributed by atoms with Crippen molar-refractivity contribution in [2.45, 2.75) is 19.9 Å². The Hall–Kier alpha value is -3.78. The van der Waals surface area contributed by atoms with E-state index >= 15 is 0 Å². The number of hydrogen-bond acceptors (Lipinski definition) is 7. The highest BCUT2D eigenvalue weighted by Crippen LogP contribution is 2.26. The number of rotatable bonds is 8. The van der Waals surface area contributed by atoms with E-state index in [1.807, 2.05) is 67.7 Å². The molecule has 7 nitrogen and oxygen atoms in total. The van der Waals surface area contributed by atoms with Gasteiger partial charge in [0.05, 0.1) is 23.5 Å². The molecule has 0 unspecified atom stereocenters. The lowest BCUT2D eigenvalue weighted by molar-refractivity contribution is -0.136. The Morgan fingerprint density at radius 3 is 2.68 bits per heavy atom. The molecule has 0 saturated heterocycles. The van der Waals surface area contributed by atoms with Gasteiger partial charge < -0.3 is 15.7 Å². The highest BCUT2D eigenvalue weighted by Gasteiger charge is 2.08. The van der Waals surface area contributed by atoms with Gasteiger partial charge in [-0.25, -0.2) is 15.0 Å². The van der Waals surface area contributed by atoms with Gasteiger partial charge in [-0.15, -0.1) is 11.3 Å². The van der Waals surface area contributed by atoms with E-state index < -0.39 is 5.97 Å². The van der Waals surface area contributed by atoms with Crippen molar-refractivity contribution < 1.29 is 9.90 Å². The molecule has 3 heterocycles. The van der Waals surface area contributed by atoms with E-state index in [4.69, 9.17) is 5.11 Å². The van der Waals surface area contributed by atoms with E-state index in [0.29, 0.717) is 6.54 Å². The van der Waals surface area contributed by atoms with Crippen LogP contribution in [-0.2, 0) is 17.8 Å². The highest BCUT2D eigenvalue weighted by molar-refractivity contribution is 7.15. The molecule has 0 aliphatic rings. The SMILES string of the molecule is Cc1ccnc(Nc2cccc(-c3cnc(CNc4ccc(CC(=O)O)cc4)s3)n2)c1. The van der Waals surface area contributed by atoms with Gasteiger partial charge in [-0.3, -0.25) is 4.79 Å². The third-order valence-electron chi connectivity index (χ3n) is 4.48. The summed E-state index contributed by atoms with van der Waals surface area (Å²) in [4.78, 5) is 25.3. The van der Waals surface area contributed by atoms with Crippen LogP contribution in [0.4, 0.5) is 17.3 Å². The van der Waals surface area contributed by atoms with E-state index in [1.165, 1.54) is 0 Å². The monoisotopic (exact) mass is 431 g/mol. The second kappa shape index (κ2) is 9.36. The Bertz CT molecular complexity index is 1190. The highest BCUT2D eigenvalue weighted by atomic mass is 32.1. The van der Waals surface area contributed by atoms with Crippen LogP contribution in [0.5, 0.6) is 0 Å². The summed E-state index contributed by atoms with van der Waals surface area (Å²) in [7, 11) is 0. The summed E-state index contributed by atoms with van der Waals surface area (Å²) in [6, 6.07) is 17.1. The first kappa shape index (κ1) is 20.5. The number of carboxylic acid groups (broad SMARTS) is 1. The van der Waals surface area contributed by atoms with Crippen LogP contribution in [0.15, 0.2) is 67.0 Å². The predicted molar refractivity (Wildman–Crippen MR) is 123 cm³/mol. The topological polar surface area (TPSA) is 100 Å². The number of anilines is 3. The Balaban J connectivity index is 1.40. The van der Waals surface area contributed by atoms with Crippen LogP contribution >= 0.6 is 11.3 Å². The zero-order valence-electron chi connectivity index (χ0n) is 16.9. The average Bonchev–Trinajstić information content (AvgIpc) is 3.22. The molecule has 0 aliphatic carbocycles. The Morgan fingerprint density at radius 2 is 1.90 bits per heavy atom. The van der Waals surface area contributed by atoms with Crippen molar-refractivity contribution >= 4 is 34.6 Å². The van der Waals surface area contributed by atoms with Gasteiger partial charge in [0, 0.05) is 18.1 Å². The van der Waals surface area contributed by atoms with Crippen molar-refractivity contribution in [2.75, 3.05) is 10.6 Å². The summed E-state index contributed by atoms with van der Waals surface area (Å²) >= 11 is 1.58. The van der Waals surface area contributed by atoms with Gasteiger partial charge in [0.15, 0.2) is 0 Å². The molecule has 0 aliphatic heterocycles. The quantitative estimate of drug-likeness (QED) is 0.365. The molecule has 0 amide bonds. The average molecular weight is 432 g/mol. The first-order valence-corrected chi connectivity index (χ1v) is 10.5. The van der Waals surface area contributed by atoms with Gasteiger partial charge >= 0.3 is 5.97 Å². The van der Waals surface area contributed by atoms with Crippen molar-refractivity contribution in [1.29, 1.82) is 0 Å². The molecule has 1 aromatic carbocycles. The van der Waals surface area contributed by atoms with Crippen LogP contribution in [0.2, 0.25) is 0 Å². The Kier molecular flexibility index (Phi) is 6.18. The molecule has 4 aromatic rings. The largest absolute Gasteiger partial charge is 0.481 e. The minimum absolute atomic E-state index is 0.0248. The zero-order chi connectivity index (χ0) is 21.6. The van der Waals surface area contributed by atoms with Gasteiger partial charge in [0.25, 0.3) is 0 Å². The molecule has 0 saturated carbocycles. The van der Waals surface area contributed by atoms with E-state index in [1.54, 1.807) is 17.5 Å². The molecule has 0 bridgehead atoms. The maximum atomic E-state index is 10.8. The molecule has 3 aromatic heterocycles. The van der Waals surface area contributed by atoms with Crippen molar-refractivity contribution in [3.05, 3.63) is 83.1 Å². The fraction of sp³-hybridized carbons (Fsp3) is 0.130. The third-order valence-corrected chi connectivity index (χ3v) is 5.50. The molecule has 31 heavy (non-hydrogen) atoms. The molecule has 3 N–H and O–H groups in total. The van der Waals surface area contributed by atoms with Gasteiger partial charge in [0.1, 0.15) is 16.6 Å². The molecule has 0 fully saturated rings. The van der Waals surface area contributed by atoms with Crippen LogP contribution in [0.25, 0.3) is 10.6 Å². The van der Waals surface area contributed by atoms with Gasteiger partial charge in [-0.2, -0.15) is 0 Å². The number of thiazole rings is 1. The van der Waals surface area contributed by atoms with Crippen LogP contribution in [0, 0.1) is 6.92 Å². The lowest BCUT2D eigenvalue weighted by Crippen LogP contribution is -2.01. The number of aliphatic carboxylic acids is 1. The number of carboxylic acids is 1. The summed E-state index contributed by atoms with van der Waals surface area (Å²) in [6.45, 7) is 2.60. The maximum absolute atomic E-state index is 10.8. The van der Waals surface area contributed by atoms with Gasteiger partial charge in [0.2, 0.25) is 0 Å². The third kappa shape index (κ3) is 5.64. The van der Waals surface area contributed by atoms with Crippen LogP contribution in [-0.4, -0.2) is 26.0 Å². The van der Waals surface area contributed by atoms with Crippen molar-refractivity contribution in [2.24, 2.45) is 0 Å². The number of pyridine rings is 2. The lowest BCUT2D eigenvalue weighted by Gasteiger charge is -2.06. The number of hydrogen-bond donors (Lipinski definition) is 3.